The van der Waals surface area contributed by atoms with Gasteiger partial charge >= 0.3 is 0 Å². The number of ether oxygens (including phenoxy) is 3. The van der Waals surface area contributed by atoms with Crippen LogP contribution in [0.5, 0.6) is 17.2 Å². The van der Waals surface area contributed by atoms with E-state index in [4.69, 9.17) is 14.2 Å². The molecule has 10 nitrogen and oxygen atoms in total. The molecule has 1 amide bonds. The zero-order valence-corrected chi connectivity index (χ0v) is 21.7. The summed E-state index contributed by atoms with van der Waals surface area (Å²) in [7, 11) is -2.13. The van der Waals surface area contributed by atoms with Gasteiger partial charge in [0.05, 0.1) is 7.11 Å². The number of nitriles is 1. The fourth-order valence-electron chi connectivity index (χ4n) is 3.11. The topological polar surface area (TPSA) is 140 Å². The maximum absolute atomic E-state index is 12.5. The number of methoxy groups -OCH3 is 1. The van der Waals surface area contributed by atoms with E-state index < -0.39 is 20.9 Å². The summed E-state index contributed by atoms with van der Waals surface area (Å²) >= 11 is 0.701. The molecule has 0 unspecified atom stereocenters. The summed E-state index contributed by atoms with van der Waals surface area (Å²) in [6, 6.07) is 12.7. The van der Waals surface area contributed by atoms with Crippen molar-refractivity contribution in [2.75, 3.05) is 31.9 Å². The smallest absolute Gasteiger partial charge is 0.268 e. The maximum Gasteiger partial charge on any atom is 0.268 e. The molecule has 0 aliphatic carbocycles. The Balaban J connectivity index is 1.64. The predicted molar refractivity (Wildman–Crippen MR) is 135 cm³/mol. The number of sulfone groups is 1. The SMILES string of the molecule is COc1cc(C=C(C#N)C(=O)Nc2nc(S(C)(=O)=O)ns2)ccc1OCCOc1cc(C)cc(C)c1. The van der Waals surface area contributed by atoms with Crippen molar-refractivity contribution >= 4 is 38.5 Å². The predicted octanol–water partition coefficient (Wildman–Crippen LogP) is 3.57. The highest BCUT2D eigenvalue weighted by molar-refractivity contribution is 7.90. The van der Waals surface area contributed by atoms with Gasteiger partial charge in [-0.25, -0.2) is 8.42 Å². The number of anilines is 1. The van der Waals surface area contributed by atoms with Crippen LogP contribution in [0.3, 0.4) is 0 Å². The van der Waals surface area contributed by atoms with E-state index in [2.05, 4.69) is 20.7 Å². The van der Waals surface area contributed by atoms with Gasteiger partial charge in [-0.2, -0.15) is 14.6 Å². The average molecular weight is 529 g/mol. The Labute approximate surface area is 213 Å². The van der Waals surface area contributed by atoms with Crippen molar-refractivity contribution in [3.63, 3.8) is 0 Å². The lowest BCUT2D eigenvalue weighted by atomic mass is 10.1. The Bertz CT molecular complexity index is 1420. The van der Waals surface area contributed by atoms with Crippen LogP contribution >= 0.6 is 11.5 Å². The van der Waals surface area contributed by atoms with Crippen molar-refractivity contribution < 1.29 is 27.4 Å². The second-order valence-corrected chi connectivity index (χ2v) is 10.4. The van der Waals surface area contributed by atoms with Gasteiger partial charge in [-0.05, 0) is 60.9 Å². The van der Waals surface area contributed by atoms with Crippen LogP contribution in [-0.2, 0) is 14.6 Å². The summed E-state index contributed by atoms with van der Waals surface area (Å²) in [4.78, 5) is 16.2. The van der Waals surface area contributed by atoms with Gasteiger partial charge in [-0.3, -0.25) is 10.1 Å². The molecule has 0 saturated carbocycles. The molecule has 36 heavy (non-hydrogen) atoms. The zero-order valence-electron chi connectivity index (χ0n) is 20.1. The van der Waals surface area contributed by atoms with E-state index >= 15 is 0 Å². The molecule has 2 aromatic carbocycles. The number of benzene rings is 2. The number of nitrogens with one attached hydrogen (secondary N) is 1. The fraction of sp³-hybridized carbons (Fsp3) is 0.250. The number of carbonyl (C=O) groups excluding carboxylic acids is 1. The first-order valence-electron chi connectivity index (χ1n) is 10.6. The Kier molecular flexibility index (Phi) is 8.63. The summed E-state index contributed by atoms with van der Waals surface area (Å²) in [5.74, 6) is 0.905. The summed E-state index contributed by atoms with van der Waals surface area (Å²) in [5.41, 5.74) is 2.53. The lowest BCUT2D eigenvalue weighted by molar-refractivity contribution is -0.112. The number of hydrogen-bond acceptors (Lipinski definition) is 10. The molecule has 188 valence electrons. The first-order valence-corrected chi connectivity index (χ1v) is 13.2. The quantitative estimate of drug-likeness (QED) is 0.237. The van der Waals surface area contributed by atoms with E-state index in [1.165, 1.54) is 13.2 Å². The number of rotatable bonds is 10. The van der Waals surface area contributed by atoms with Gasteiger partial charge in [0.2, 0.25) is 15.0 Å². The van der Waals surface area contributed by atoms with Crippen LogP contribution in [0.15, 0.2) is 47.1 Å². The van der Waals surface area contributed by atoms with E-state index in [-0.39, 0.29) is 17.3 Å². The third-order valence-corrected chi connectivity index (χ3v) is 6.22. The highest BCUT2D eigenvalue weighted by Crippen LogP contribution is 2.29. The molecule has 12 heteroatoms. The van der Waals surface area contributed by atoms with Crippen LogP contribution < -0.4 is 19.5 Å². The number of nitrogens with zero attached hydrogens (tertiary/aromatic N) is 3. The average Bonchev–Trinajstić information content (AvgIpc) is 3.29. The van der Waals surface area contributed by atoms with Crippen molar-refractivity contribution in [2.24, 2.45) is 0 Å². The third kappa shape index (κ3) is 7.27. The Hall–Kier alpha value is -3.95. The Morgan fingerprint density at radius 1 is 1.11 bits per heavy atom. The molecule has 0 bridgehead atoms. The van der Waals surface area contributed by atoms with E-state index in [9.17, 15) is 18.5 Å². The van der Waals surface area contributed by atoms with Crippen molar-refractivity contribution in [1.82, 2.24) is 9.36 Å². The molecule has 0 saturated heterocycles. The summed E-state index contributed by atoms with van der Waals surface area (Å²) in [5, 5.41) is 11.4. The first kappa shape index (κ1) is 26.7. The minimum absolute atomic E-state index is 0.0362. The molecule has 0 atom stereocenters. The van der Waals surface area contributed by atoms with Crippen molar-refractivity contribution in [1.29, 1.82) is 5.26 Å². The summed E-state index contributed by atoms with van der Waals surface area (Å²) in [6.45, 7) is 4.62. The second kappa shape index (κ2) is 11.7. The molecule has 1 heterocycles. The second-order valence-electron chi connectivity index (χ2n) is 7.71. The van der Waals surface area contributed by atoms with Crippen LogP contribution in [0.1, 0.15) is 16.7 Å². The van der Waals surface area contributed by atoms with Gasteiger partial charge in [0.15, 0.2) is 11.5 Å². The van der Waals surface area contributed by atoms with Gasteiger partial charge < -0.3 is 14.2 Å². The van der Waals surface area contributed by atoms with Crippen LogP contribution in [0.25, 0.3) is 6.08 Å². The van der Waals surface area contributed by atoms with Crippen LogP contribution in [0.4, 0.5) is 5.13 Å². The number of carbonyl (C=O) groups is 1. The lowest BCUT2D eigenvalue weighted by Gasteiger charge is -2.13. The molecule has 1 N–H and O–H groups in total. The number of aromatic nitrogens is 2. The van der Waals surface area contributed by atoms with Gasteiger partial charge in [0, 0.05) is 17.8 Å². The first-order chi connectivity index (χ1) is 17.1. The maximum atomic E-state index is 12.5. The molecule has 1 aromatic heterocycles. The molecule has 3 rings (SSSR count). The molecular formula is C24H24N4O6S2. The summed E-state index contributed by atoms with van der Waals surface area (Å²) < 4.78 is 43.6. The van der Waals surface area contributed by atoms with E-state index in [1.54, 1.807) is 18.2 Å². The standard InChI is InChI=1S/C24H24N4O6S2/c1-15-9-16(2)11-19(10-15)33-7-8-34-20-6-5-17(13-21(20)32-3)12-18(14-25)22(29)26-23-27-24(28-35-23)36(4,30)31/h5-6,9-13H,7-8H2,1-4H3,(H,26,27,28,29). The Morgan fingerprint density at radius 3 is 2.42 bits per heavy atom. The molecule has 0 radical (unpaired) electrons. The molecule has 0 fully saturated rings. The molecule has 0 spiro atoms. The Morgan fingerprint density at radius 2 is 1.81 bits per heavy atom. The minimum atomic E-state index is -3.61. The van der Waals surface area contributed by atoms with E-state index in [0.29, 0.717) is 35.2 Å². The van der Waals surface area contributed by atoms with Gasteiger partial charge in [0.1, 0.15) is 30.6 Å². The number of amides is 1. The summed E-state index contributed by atoms with van der Waals surface area (Å²) in [6.07, 6.45) is 2.32. The van der Waals surface area contributed by atoms with E-state index in [1.807, 2.05) is 32.0 Å². The third-order valence-electron chi connectivity index (χ3n) is 4.63. The van der Waals surface area contributed by atoms with Crippen LogP contribution in [0.2, 0.25) is 0 Å². The van der Waals surface area contributed by atoms with E-state index in [0.717, 1.165) is 23.1 Å². The van der Waals surface area contributed by atoms with Crippen molar-refractivity contribution in [2.45, 2.75) is 19.0 Å². The molecular weight excluding hydrogens is 504 g/mol. The van der Waals surface area contributed by atoms with Gasteiger partial charge in [-0.15, -0.1) is 0 Å². The fourth-order valence-corrected chi connectivity index (χ4v) is 4.55. The van der Waals surface area contributed by atoms with Gasteiger partial charge in [-0.1, -0.05) is 12.1 Å². The van der Waals surface area contributed by atoms with Crippen LogP contribution in [0, 0.1) is 25.2 Å². The monoisotopic (exact) mass is 528 g/mol. The highest BCUT2D eigenvalue weighted by atomic mass is 32.2. The highest BCUT2D eigenvalue weighted by Gasteiger charge is 2.17. The largest absolute Gasteiger partial charge is 0.493 e. The van der Waals surface area contributed by atoms with Crippen LogP contribution in [-0.4, -0.2) is 50.3 Å². The molecule has 0 aliphatic rings. The lowest BCUT2D eigenvalue weighted by Crippen LogP contribution is -2.13. The normalized spacial score (nSPS) is 11.5. The zero-order chi connectivity index (χ0) is 26.3. The minimum Gasteiger partial charge on any atom is -0.493 e. The van der Waals surface area contributed by atoms with Gasteiger partial charge in [0.25, 0.3) is 11.1 Å². The number of aryl methyl sites for hydroxylation is 2. The molecule has 3 aromatic rings. The molecule has 0 aliphatic heterocycles. The van der Waals surface area contributed by atoms with Crippen molar-refractivity contribution in [3.05, 3.63) is 58.7 Å². The number of hydrogen-bond donors (Lipinski definition) is 1. The van der Waals surface area contributed by atoms with Crippen molar-refractivity contribution in [3.8, 4) is 23.3 Å².